The molecule has 0 aromatic carbocycles. The zero-order chi connectivity index (χ0) is 11.9. The highest BCUT2D eigenvalue weighted by atomic mass is 16.5. The largest absolute Gasteiger partial charge is 0.342 e. The van der Waals surface area contributed by atoms with Gasteiger partial charge in [0.25, 0.3) is 0 Å². The van der Waals surface area contributed by atoms with Gasteiger partial charge >= 0.3 is 0 Å². The lowest BCUT2D eigenvalue weighted by Crippen LogP contribution is -2.71. The molecule has 0 radical (unpaired) electrons. The van der Waals surface area contributed by atoms with Crippen molar-refractivity contribution >= 4 is 5.91 Å². The van der Waals surface area contributed by atoms with Crippen molar-refractivity contribution in [3.05, 3.63) is 0 Å². The van der Waals surface area contributed by atoms with E-state index < -0.39 is 5.54 Å². The molecule has 1 fully saturated rings. The number of nitrogens with zero attached hydrogens (tertiary/aromatic N) is 2. The zero-order valence-corrected chi connectivity index (χ0v) is 10.4. The Morgan fingerprint density at radius 2 is 1.80 bits per heavy atom. The smallest absolute Gasteiger partial charge is 0.250 e. The number of piperazine rings is 1. The molecule has 0 saturated carbocycles. The minimum absolute atomic E-state index is 0.0850. The number of hydrogen-bond acceptors (Lipinski definition) is 2. The molecule has 1 aliphatic rings. The van der Waals surface area contributed by atoms with Crippen LogP contribution in [0.2, 0.25) is 0 Å². The van der Waals surface area contributed by atoms with Gasteiger partial charge in [-0.15, -0.1) is 0 Å². The van der Waals surface area contributed by atoms with Crippen LogP contribution in [0, 0.1) is 0 Å². The monoisotopic (exact) mass is 215 g/mol. The maximum atomic E-state index is 12.2. The highest BCUT2D eigenvalue weighted by Gasteiger charge is 2.56. The number of carbonyl (C=O) groups is 1. The molecule has 2 N–H and O–H groups in total. The van der Waals surface area contributed by atoms with Gasteiger partial charge in [0.15, 0.2) is 5.54 Å². The molecule has 88 valence electrons. The van der Waals surface area contributed by atoms with Crippen molar-refractivity contribution in [3.63, 3.8) is 0 Å². The Bertz CT molecular complexity index is 259. The van der Waals surface area contributed by atoms with Crippen LogP contribution >= 0.6 is 0 Å². The van der Waals surface area contributed by atoms with E-state index in [4.69, 9.17) is 5.21 Å². The average molecular weight is 215 g/mol. The third-order valence-electron chi connectivity index (χ3n) is 3.57. The first kappa shape index (κ1) is 12.5. The molecule has 0 aromatic rings. The zero-order valence-electron chi connectivity index (χ0n) is 10.4. The SMILES string of the molecule is CCC1(CC)C(=O)N(C)CC(C)(C)N1[OH2+]. The molecule has 1 rings (SSSR count). The molecule has 0 aromatic heterocycles. The van der Waals surface area contributed by atoms with Gasteiger partial charge in [0.05, 0.1) is 0 Å². The van der Waals surface area contributed by atoms with Crippen molar-refractivity contribution in [2.45, 2.75) is 51.6 Å². The van der Waals surface area contributed by atoms with Gasteiger partial charge in [0.1, 0.15) is 5.54 Å². The van der Waals surface area contributed by atoms with E-state index in [1.807, 2.05) is 34.7 Å². The van der Waals surface area contributed by atoms with Crippen molar-refractivity contribution in [2.24, 2.45) is 0 Å². The summed E-state index contributed by atoms with van der Waals surface area (Å²) in [6.45, 7) is 8.62. The highest BCUT2D eigenvalue weighted by Crippen LogP contribution is 2.35. The van der Waals surface area contributed by atoms with Crippen molar-refractivity contribution in [2.75, 3.05) is 13.6 Å². The summed E-state index contributed by atoms with van der Waals surface area (Å²) in [5.41, 5.74) is -0.898. The summed E-state index contributed by atoms with van der Waals surface area (Å²) in [4.78, 5) is 13.9. The van der Waals surface area contributed by atoms with E-state index in [9.17, 15) is 4.79 Å². The van der Waals surface area contributed by atoms with Crippen LogP contribution in [0.4, 0.5) is 0 Å². The van der Waals surface area contributed by atoms with E-state index >= 15 is 0 Å². The maximum absolute atomic E-state index is 12.2. The van der Waals surface area contributed by atoms with Crippen LogP contribution < -0.4 is 0 Å². The third-order valence-corrected chi connectivity index (χ3v) is 3.57. The fraction of sp³-hybridized carbons (Fsp3) is 0.909. The van der Waals surface area contributed by atoms with Crippen molar-refractivity contribution in [3.8, 4) is 0 Å². The Balaban J connectivity index is 3.15. The number of amides is 1. The lowest BCUT2D eigenvalue weighted by atomic mass is 9.83. The van der Waals surface area contributed by atoms with E-state index in [1.54, 1.807) is 4.90 Å². The van der Waals surface area contributed by atoms with E-state index in [1.165, 1.54) is 5.06 Å². The second-order valence-corrected chi connectivity index (χ2v) is 5.05. The molecule has 0 spiro atoms. The van der Waals surface area contributed by atoms with Crippen molar-refractivity contribution in [1.29, 1.82) is 0 Å². The summed E-state index contributed by atoms with van der Waals surface area (Å²) < 4.78 is 0. The Morgan fingerprint density at radius 3 is 2.20 bits per heavy atom. The first-order chi connectivity index (χ1) is 6.81. The predicted octanol–water partition coefficient (Wildman–Crippen LogP) is 0.737. The number of rotatable bonds is 2. The second kappa shape index (κ2) is 3.76. The summed E-state index contributed by atoms with van der Waals surface area (Å²) in [5.74, 6) is 0.0850. The number of hydrogen-bond donors (Lipinski definition) is 0. The third kappa shape index (κ3) is 1.66. The Kier molecular flexibility index (Phi) is 3.12. The number of carbonyl (C=O) groups excluding carboxylic acids is 1. The molecule has 1 aliphatic heterocycles. The summed E-state index contributed by atoms with van der Waals surface area (Å²) >= 11 is 0. The average Bonchev–Trinajstić information content (AvgIpc) is 2.17. The van der Waals surface area contributed by atoms with Gasteiger partial charge < -0.3 is 10.1 Å². The van der Waals surface area contributed by atoms with Gasteiger partial charge in [-0.1, -0.05) is 18.9 Å². The van der Waals surface area contributed by atoms with Gasteiger partial charge in [-0.05, 0) is 26.7 Å². The molecule has 4 nitrogen and oxygen atoms in total. The summed E-state index contributed by atoms with van der Waals surface area (Å²) in [6.07, 6.45) is 1.39. The van der Waals surface area contributed by atoms with Crippen molar-refractivity contribution < 1.29 is 10.0 Å². The number of likely N-dealkylation sites (N-methyl/N-ethyl adjacent to an activating group) is 1. The van der Waals surface area contributed by atoms with Gasteiger partial charge in [-0.2, -0.15) is 0 Å². The first-order valence-electron chi connectivity index (χ1n) is 5.59. The second-order valence-electron chi connectivity index (χ2n) is 5.05. The molecule has 4 heteroatoms. The molecule has 0 atom stereocenters. The quantitative estimate of drug-likeness (QED) is 0.638. The van der Waals surface area contributed by atoms with E-state index in [0.717, 1.165) is 0 Å². The molecule has 0 unspecified atom stereocenters. The normalized spacial score (nSPS) is 25.7. The maximum Gasteiger partial charge on any atom is 0.250 e. The topological polar surface area (TPSA) is 46.5 Å². The van der Waals surface area contributed by atoms with Crippen LogP contribution in [0.25, 0.3) is 0 Å². The summed E-state index contributed by atoms with van der Waals surface area (Å²) in [6, 6.07) is 0. The van der Waals surface area contributed by atoms with Crippen LogP contribution in [0.1, 0.15) is 40.5 Å². The lowest BCUT2D eigenvalue weighted by molar-refractivity contribution is -0.255. The van der Waals surface area contributed by atoms with Gasteiger partial charge in [-0.3, -0.25) is 4.79 Å². The fourth-order valence-corrected chi connectivity index (χ4v) is 2.62. The van der Waals surface area contributed by atoms with Gasteiger partial charge in [0, 0.05) is 13.6 Å². The molecular formula is C11H23N2O2+. The minimum Gasteiger partial charge on any atom is -0.342 e. The van der Waals surface area contributed by atoms with Crippen LogP contribution in [0.5, 0.6) is 0 Å². The van der Waals surface area contributed by atoms with Crippen LogP contribution in [0.15, 0.2) is 0 Å². The van der Waals surface area contributed by atoms with E-state index in [0.29, 0.717) is 19.4 Å². The van der Waals surface area contributed by atoms with E-state index in [-0.39, 0.29) is 11.4 Å². The Labute approximate surface area is 91.8 Å². The first-order valence-corrected chi connectivity index (χ1v) is 5.59. The van der Waals surface area contributed by atoms with Crippen LogP contribution in [-0.2, 0) is 4.79 Å². The van der Waals surface area contributed by atoms with Crippen LogP contribution in [-0.4, -0.2) is 45.7 Å². The molecule has 0 bridgehead atoms. The lowest BCUT2D eigenvalue weighted by Gasteiger charge is -2.49. The molecule has 0 aliphatic carbocycles. The Morgan fingerprint density at radius 1 is 1.33 bits per heavy atom. The summed E-state index contributed by atoms with van der Waals surface area (Å²) in [5, 5.41) is 9.70. The molecular weight excluding hydrogens is 192 g/mol. The molecule has 1 heterocycles. The molecule has 15 heavy (non-hydrogen) atoms. The highest BCUT2D eigenvalue weighted by molar-refractivity contribution is 5.87. The predicted molar refractivity (Wildman–Crippen MR) is 60.5 cm³/mol. The molecule has 1 saturated heterocycles. The minimum atomic E-state index is -0.628. The Hall–Kier alpha value is -0.610. The fourth-order valence-electron chi connectivity index (χ4n) is 2.62. The van der Waals surface area contributed by atoms with Gasteiger partial charge in [0.2, 0.25) is 5.91 Å². The summed E-state index contributed by atoms with van der Waals surface area (Å²) in [7, 11) is 1.83. The number of hydroxylamine groups is 2. The van der Waals surface area contributed by atoms with Crippen LogP contribution in [0.3, 0.4) is 0 Å². The standard InChI is InChI=1S/C11H22N2O2/c1-6-11(7-2)9(14)12(5)8-10(3,4)13(11)15/h15H,6-8H2,1-5H3/p+1. The van der Waals surface area contributed by atoms with Crippen molar-refractivity contribution in [1.82, 2.24) is 9.96 Å². The van der Waals surface area contributed by atoms with E-state index in [2.05, 4.69) is 0 Å². The van der Waals surface area contributed by atoms with Gasteiger partial charge in [-0.25, -0.2) is 0 Å². The molecule has 1 amide bonds.